The van der Waals surface area contributed by atoms with Crippen LogP contribution in [0.5, 0.6) is 5.75 Å². The number of piperazine rings is 1. The summed E-state index contributed by atoms with van der Waals surface area (Å²) in [6, 6.07) is 13.8. The monoisotopic (exact) mass is 535 g/mol. The predicted octanol–water partition coefficient (Wildman–Crippen LogP) is 4.33. The van der Waals surface area contributed by atoms with E-state index in [4.69, 9.17) is 21.6 Å². The van der Waals surface area contributed by atoms with Gasteiger partial charge in [0.05, 0.1) is 10.6 Å². The third-order valence-corrected chi connectivity index (χ3v) is 8.79. The van der Waals surface area contributed by atoms with Crippen LogP contribution >= 0.6 is 11.6 Å². The van der Waals surface area contributed by atoms with Crippen molar-refractivity contribution in [1.29, 1.82) is 5.26 Å². The van der Waals surface area contributed by atoms with Crippen molar-refractivity contribution in [1.82, 2.24) is 15.1 Å². The van der Waals surface area contributed by atoms with Gasteiger partial charge in [-0.15, -0.1) is 0 Å². The third kappa shape index (κ3) is 6.26. The zero-order valence-corrected chi connectivity index (χ0v) is 23.1. The van der Waals surface area contributed by atoms with Crippen LogP contribution in [-0.2, 0) is 0 Å². The first-order valence-corrected chi connectivity index (χ1v) is 14.3. The molecule has 2 aromatic rings. The number of nitriles is 1. The van der Waals surface area contributed by atoms with Gasteiger partial charge >= 0.3 is 0 Å². The fraction of sp³-hybridized carbons (Fsp3) is 0.533. The number of halogens is 1. The molecular weight excluding hydrogens is 498 g/mol. The Bertz CT molecular complexity index is 1140. The van der Waals surface area contributed by atoms with Gasteiger partial charge in [-0.3, -0.25) is 9.69 Å². The minimum absolute atomic E-state index is 0.0255. The van der Waals surface area contributed by atoms with Gasteiger partial charge in [-0.1, -0.05) is 11.6 Å². The molecule has 0 spiro atoms. The highest BCUT2D eigenvalue weighted by Gasteiger charge is 2.26. The van der Waals surface area contributed by atoms with Crippen molar-refractivity contribution in [3.8, 4) is 11.8 Å². The summed E-state index contributed by atoms with van der Waals surface area (Å²) in [7, 11) is 0. The van der Waals surface area contributed by atoms with Crippen LogP contribution in [0.1, 0.15) is 47.2 Å². The van der Waals surface area contributed by atoms with Gasteiger partial charge in [-0.05, 0) is 75.2 Å². The molecule has 0 bridgehead atoms. The summed E-state index contributed by atoms with van der Waals surface area (Å²) < 4.78 is 6.19. The van der Waals surface area contributed by atoms with E-state index in [1.165, 1.54) is 25.1 Å². The molecule has 38 heavy (non-hydrogen) atoms. The second-order valence-corrected chi connectivity index (χ2v) is 11.2. The second-order valence-electron chi connectivity index (χ2n) is 10.8. The van der Waals surface area contributed by atoms with Crippen molar-refractivity contribution in [2.45, 2.75) is 38.7 Å². The predicted molar refractivity (Wildman–Crippen MR) is 151 cm³/mol. The number of hydrogen-bond donors (Lipinski definition) is 1. The first-order valence-electron chi connectivity index (χ1n) is 13.9. The van der Waals surface area contributed by atoms with Gasteiger partial charge in [0.25, 0.3) is 5.91 Å². The second kappa shape index (κ2) is 12.4. The van der Waals surface area contributed by atoms with E-state index in [1.807, 2.05) is 30.0 Å². The van der Waals surface area contributed by atoms with Crippen molar-refractivity contribution in [3.05, 3.63) is 58.1 Å². The lowest BCUT2D eigenvalue weighted by Crippen LogP contribution is -2.48. The maximum atomic E-state index is 13.2. The van der Waals surface area contributed by atoms with E-state index in [1.54, 1.807) is 6.07 Å². The van der Waals surface area contributed by atoms with Crippen LogP contribution in [0.25, 0.3) is 0 Å². The molecule has 0 unspecified atom stereocenters. The van der Waals surface area contributed by atoms with Crippen LogP contribution in [0.3, 0.4) is 0 Å². The Morgan fingerprint density at radius 3 is 2.34 bits per heavy atom. The van der Waals surface area contributed by atoms with Crippen LogP contribution in [0.4, 0.5) is 5.69 Å². The minimum Gasteiger partial charge on any atom is -0.490 e. The van der Waals surface area contributed by atoms with Crippen LogP contribution in [-0.4, -0.2) is 80.7 Å². The number of carbonyl (C=O) groups excluding carboxylic acids is 1. The number of benzene rings is 2. The molecule has 5 rings (SSSR count). The first kappa shape index (κ1) is 26.8. The maximum Gasteiger partial charge on any atom is 0.253 e. The summed E-state index contributed by atoms with van der Waals surface area (Å²) >= 11 is 6.29. The molecule has 1 N–H and O–H groups in total. The first-order chi connectivity index (χ1) is 18.5. The topological polar surface area (TPSA) is 71.8 Å². The fourth-order valence-corrected chi connectivity index (χ4v) is 6.05. The van der Waals surface area contributed by atoms with E-state index in [0.29, 0.717) is 29.4 Å². The summed E-state index contributed by atoms with van der Waals surface area (Å²) in [4.78, 5) is 20.1. The highest BCUT2D eigenvalue weighted by atomic mass is 35.5. The lowest BCUT2D eigenvalue weighted by atomic mass is 9.97. The molecular formula is C30H38ClN5O2. The molecule has 0 radical (unpaired) electrons. The Morgan fingerprint density at radius 2 is 1.68 bits per heavy atom. The van der Waals surface area contributed by atoms with Crippen molar-refractivity contribution in [3.63, 3.8) is 0 Å². The lowest BCUT2D eigenvalue weighted by Gasteiger charge is -2.38. The van der Waals surface area contributed by atoms with E-state index in [9.17, 15) is 4.79 Å². The molecule has 3 aliphatic rings. The normalized spacial score (nSPS) is 19.8. The molecule has 0 aromatic heterocycles. The number of carbonyl (C=O) groups is 1. The Kier molecular flexibility index (Phi) is 8.73. The molecule has 2 aromatic carbocycles. The standard InChI is InChI=1S/C30H38ClN5O2/c1-22-28(7-4-25(20-32)29(22)31)38-27-10-14-36(15-11-27)30(37)24-2-5-26(6-3-24)35-18-16-34(17-19-35)21-23-8-12-33-13-9-23/h2-7,23,27,33H,8-19,21H2,1H3. The van der Waals surface area contributed by atoms with Gasteiger partial charge in [0.2, 0.25) is 0 Å². The number of rotatable bonds is 6. The van der Waals surface area contributed by atoms with E-state index < -0.39 is 0 Å². The number of piperidine rings is 2. The Hall–Kier alpha value is -2.79. The summed E-state index contributed by atoms with van der Waals surface area (Å²) in [5.74, 6) is 1.63. The van der Waals surface area contributed by atoms with Crippen LogP contribution in [0.2, 0.25) is 5.02 Å². The SMILES string of the molecule is Cc1c(OC2CCN(C(=O)c3ccc(N4CCN(CC5CCNCC5)CC4)cc3)CC2)ccc(C#N)c1Cl. The zero-order valence-electron chi connectivity index (χ0n) is 22.3. The summed E-state index contributed by atoms with van der Waals surface area (Å²) in [6.07, 6.45) is 4.15. The zero-order chi connectivity index (χ0) is 26.5. The Morgan fingerprint density at radius 1 is 1.00 bits per heavy atom. The summed E-state index contributed by atoms with van der Waals surface area (Å²) in [5.41, 5.74) is 3.18. The molecule has 7 nitrogen and oxygen atoms in total. The molecule has 0 aliphatic carbocycles. The van der Waals surface area contributed by atoms with Crippen molar-refractivity contribution < 1.29 is 9.53 Å². The van der Waals surface area contributed by atoms with Crippen molar-refractivity contribution >= 4 is 23.2 Å². The average Bonchev–Trinajstić information content (AvgIpc) is 2.97. The van der Waals surface area contributed by atoms with E-state index in [2.05, 4.69) is 33.3 Å². The van der Waals surface area contributed by atoms with E-state index in [-0.39, 0.29) is 12.0 Å². The summed E-state index contributed by atoms with van der Waals surface area (Å²) in [5, 5.41) is 13.1. The third-order valence-electron chi connectivity index (χ3n) is 8.31. The van der Waals surface area contributed by atoms with Crippen LogP contribution in [0.15, 0.2) is 36.4 Å². The van der Waals surface area contributed by atoms with Gasteiger partial charge < -0.3 is 19.9 Å². The minimum atomic E-state index is 0.0255. The molecule has 202 valence electrons. The van der Waals surface area contributed by atoms with Crippen LogP contribution < -0.4 is 15.0 Å². The molecule has 0 saturated carbocycles. The highest BCUT2D eigenvalue weighted by molar-refractivity contribution is 6.32. The highest BCUT2D eigenvalue weighted by Crippen LogP contribution is 2.31. The smallest absolute Gasteiger partial charge is 0.253 e. The number of amides is 1. The lowest BCUT2D eigenvalue weighted by molar-refractivity contribution is 0.0594. The Balaban J connectivity index is 1.09. The van der Waals surface area contributed by atoms with Crippen molar-refractivity contribution in [2.24, 2.45) is 5.92 Å². The van der Waals surface area contributed by atoms with Gasteiger partial charge in [0.1, 0.15) is 17.9 Å². The number of anilines is 1. The number of likely N-dealkylation sites (tertiary alicyclic amines) is 1. The molecule has 8 heteroatoms. The van der Waals surface area contributed by atoms with Crippen LogP contribution in [0, 0.1) is 24.2 Å². The molecule has 1 amide bonds. The van der Waals surface area contributed by atoms with Gasteiger partial charge in [-0.2, -0.15) is 5.26 Å². The molecule has 3 aliphatic heterocycles. The Labute approximate surface area is 231 Å². The number of ether oxygens (including phenoxy) is 1. The fourth-order valence-electron chi connectivity index (χ4n) is 5.85. The summed E-state index contributed by atoms with van der Waals surface area (Å²) in [6.45, 7) is 11.0. The van der Waals surface area contributed by atoms with Crippen molar-refractivity contribution in [2.75, 3.05) is 63.8 Å². The molecule has 3 fully saturated rings. The van der Waals surface area contributed by atoms with Gasteiger partial charge in [0.15, 0.2) is 0 Å². The molecule has 3 saturated heterocycles. The molecule has 0 atom stereocenters. The van der Waals surface area contributed by atoms with Gasteiger partial charge in [-0.25, -0.2) is 0 Å². The maximum absolute atomic E-state index is 13.2. The number of hydrogen-bond acceptors (Lipinski definition) is 6. The van der Waals surface area contributed by atoms with E-state index in [0.717, 1.165) is 69.2 Å². The molecule has 3 heterocycles. The largest absolute Gasteiger partial charge is 0.490 e. The van der Waals surface area contributed by atoms with E-state index >= 15 is 0 Å². The average molecular weight is 536 g/mol. The number of nitrogens with zero attached hydrogens (tertiary/aromatic N) is 4. The number of nitrogens with one attached hydrogen (secondary N) is 1. The quantitative estimate of drug-likeness (QED) is 0.594. The van der Waals surface area contributed by atoms with Gasteiger partial charge in [0, 0.05) is 75.5 Å².